The van der Waals surface area contributed by atoms with Gasteiger partial charge in [-0.2, -0.15) is 0 Å². The van der Waals surface area contributed by atoms with Crippen LogP contribution in [0.3, 0.4) is 0 Å². The van der Waals surface area contributed by atoms with Crippen LogP contribution in [0.25, 0.3) is 0 Å². The summed E-state index contributed by atoms with van der Waals surface area (Å²) in [5, 5.41) is 3.46. The average Bonchev–Trinajstić information content (AvgIpc) is 2.36. The lowest BCUT2D eigenvalue weighted by molar-refractivity contribution is 0.286. The maximum absolute atomic E-state index is 5.86. The van der Waals surface area contributed by atoms with Crippen LogP contribution in [0, 0.1) is 5.92 Å². The summed E-state index contributed by atoms with van der Waals surface area (Å²) in [6.45, 7) is 9.45. The molecule has 0 unspecified atom stereocenters. The van der Waals surface area contributed by atoms with Crippen molar-refractivity contribution in [3.63, 3.8) is 0 Å². The van der Waals surface area contributed by atoms with E-state index < -0.39 is 0 Å². The van der Waals surface area contributed by atoms with E-state index in [-0.39, 0.29) is 0 Å². The standard InChI is InChI=1S/C16H27NO/c1-4-5-11-17-13-15-8-6-7-9-16(15)18-12-10-14(2)3/h6-9,14,17H,4-5,10-13H2,1-3H3. The monoisotopic (exact) mass is 249 g/mol. The molecule has 0 amide bonds. The number of hydrogen-bond acceptors (Lipinski definition) is 2. The minimum absolute atomic E-state index is 0.694. The molecule has 0 radical (unpaired) electrons. The van der Waals surface area contributed by atoms with Crippen molar-refractivity contribution in [2.45, 2.75) is 46.6 Å². The second-order valence-corrected chi connectivity index (χ2v) is 5.17. The van der Waals surface area contributed by atoms with Crippen LogP contribution < -0.4 is 10.1 Å². The summed E-state index contributed by atoms with van der Waals surface area (Å²) in [6.07, 6.45) is 3.58. The Morgan fingerprint density at radius 1 is 1.22 bits per heavy atom. The van der Waals surface area contributed by atoms with Crippen molar-refractivity contribution in [3.8, 4) is 5.75 Å². The van der Waals surface area contributed by atoms with Gasteiger partial charge in [0, 0.05) is 12.1 Å². The van der Waals surface area contributed by atoms with E-state index in [0.717, 1.165) is 31.9 Å². The van der Waals surface area contributed by atoms with Crippen molar-refractivity contribution in [3.05, 3.63) is 29.8 Å². The first-order chi connectivity index (χ1) is 8.74. The SMILES string of the molecule is CCCCNCc1ccccc1OCCC(C)C. The molecule has 18 heavy (non-hydrogen) atoms. The van der Waals surface area contributed by atoms with E-state index in [1.165, 1.54) is 18.4 Å². The molecule has 2 heteroatoms. The van der Waals surface area contributed by atoms with Crippen molar-refractivity contribution in [1.82, 2.24) is 5.32 Å². The van der Waals surface area contributed by atoms with Crippen molar-refractivity contribution in [2.24, 2.45) is 5.92 Å². The first-order valence-corrected chi connectivity index (χ1v) is 7.15. The molecule has 0 aliphatic heterocycles. The van der Waals surface area contributed by atoms with E-state index >= 15 is 0 Å². The highest BCUT2D eigenvalue weighted by atomic mass is 16.5. The highest BCUT2D eigenvalue weighted by molar-refractivity contribution is 5.33. The van der Waals surface area contributed by atoms with Crippen molar-refractivity contribution >= 4 is 0 Å². The van der Waals surface area contributed by atoms with Gasteiger partial charge in [-0.15, -0.1) is 0 Å². The molecular formula is C16H27NO. The van der Waals surface area contributed by atoms with E-state index in [1.54, 1.807) is 0 Å². The third-order valence-corrected chi connectivity index (χ3v) is 2.95. The lowest BCUT2D eigenvalue weighted by atomic mass is 10.1. The topological polar surface area (TPSA) is 21.3 Å². The zero-order valence-corrected chi connectivity index (χ0v) is 12.0. The highest BCUT2D eigenvalue weighted by Gasteiger charge is 2.03. The molecule has 1 aromatic carbocycles. The van der Waals surface area contributed by atoms with Gasteiger partial charge in [0.25, 0.3) is 0 Å². The van der Waals surface area contributed by atoms with Gasteiger partial charge in [0.05, 0.1) is 6.61 Å². The molecule has 0 saturated carbocycles. The fourth-order valence-electron chi connectivity index (χ4n) is 1.72. The van der Waals surface area contributed by atoms with Crippen LogP contribution in [-0.4, -0.2) is 13.2 Å². The van der Waals surface area contributed by atoms with Crippen molar-refractivity contribution in [2.75, 3.05) is 13.2 Å². The van der Waals surface area contributed by atoms with Crippen LogP contribution >= 0.6 is 0 Å². The number of ether oxygens (including phenoxy) is 1. The van der Waals surface area contributed by atoms with Gasteiger partial charge >= 0.3 is 0 Å². The van der Waals surface area contributed by atoms with Crippen LogP contribution in [0.15, 0.2) is 24.3 Å². The fourth-order valence-corrected chi connectivity index (χ4v) is 1.72. The molecule has 0 spiro atoms. The third-order valence-electron chi connectivity index (χ3n) is 2.95. The zero-order chi connectivity index (χ0) is 13.2. The summed E-state index contributed by atoms with van der Waals surface area (Å²) in [5.41, 5.74) is 1.26. The van der Waals surface area contributed by atoms with E-state index in [2.05, 4.69) is 44.3 Å². The summed E-state index contributed by atoms with van der Waals surface area (Å²) < 4.78 is 5.86. The number of nitrogens with one attached hydrogen (secondary N) is 1. The summed E-state index contributed by atoms with van der Waals surface area (Å²) >= 11 is 0. The highest BCUT2D eigenvalue weighted by Crippen LogP contribution is 2.18. The predicted octanol–water partition coefficient (Wildman–Crippen LogP) is 4.00. The largest absolute Gasteiger partial charge is 0.493 e. The minimum Gasteiger partial charge on any atom is -0.493 e. The van der Waals surface area contributed by atoms with Gasteiger partial charge in [-0.1, -0.05) is 45.4 Å². The number of hydrogen-bond donors (Lipinski definition) is 1. The fraction of sp³-hybridized carbons (Fsp3) is 0.625. The summed E-state index contributed by atoms with van der Waals surface area (Å²) in [5.74, 6) is 1.72. The molecule has 2 nitrogen and oxygen atoms in total. The van der Waals surface area contributed by atoms with E-state index in [4.69, 9.17) is 4.74 Å². The Kier molecular flexibility index (Phi) is 7.51. The molecule has 0 aliphatic rings. The van der Waals surface area contributed by atoms with Gasteiger partial charge in [0.2, 0.25) is 0 Å². The predicted molar refractivity (Wildman–Crippen MR) is 78.0 cm³/mol. The Morgan fingerprint density at radius 3 is 2.72 bits per heavy atom. The summed E-state index contributed by atoms with van der Waals surface area (Å²) in [4.78, 5) is 0. The molecule has 0 fully saturated rings. The van der Waals surface area contributed by atoms with Crippen LogP contribution in [0.5, 0.6) is 5.75 Å². The number of para-hydroxylation sites is 1. The molecular weight excluding hydrogens is 222 g/mol. The molecule has 0 bridgehead atoms. The molecule has 1 aromatic rings. The van der Waals surface area contributed by atoms with E-state index in [0.29, 0.717) is 5.92 Å². The molecule has 1 N–H and O–H groups in total. The van der Waals surface area contributed by atoms with Crippen molar-refractivity contribution in [1.29, 1.82) is 0 Å². The molecule has 0 atom stereocenters. The van der Waals surface area contributed by atoms with Gasteiger partial charge in [0.15, 0.2) is 0 Å². The van der Waals surface area contributed by atoms with Crippen molar-refractivity contribution < 1.29 is 4.74 Å². The van der Waals surface area contributed by atoms with Gasteiger partial charge in [-0.3, -0.25) is 0 Å². The lowest BCUT2D eigenvalue weighted by Crippen LogP contribution is -2.15. The molecule has 0 heterocycles. The molecule has 102 valence electrons. The van der Waals surface area contributed by atoms with Crippen LogP contribution in [0.4, 0.5) is 0 Å². The Hall–Kier alpha value is -1.02. The van der Waals surface area contributed by atoms with E-state index in [1.807, 2.05) is 6.07 Å². The normalized spacial score (nSPS) is 10.9. The average molecular weight is 249 g/mol. The van der Waals surface area contributed by atoms with E-state index in [9.17, 15) is 0 Å². The van der Waals surface area contributed by atoms with Crippen LogP contribution in [-0.2, 0) is 6.54 Å². The maximum atomic E-state index is 5.86. The van der Waals surface area contributed by atoms with Gasteiger partial charge < -0.3 is 10.1 Å². The second kappa shape index (κ2) is 8.98. The Balaban J connectivity index is 2.40. The first-order valence-electron chi connectivity index (χ1n) is 7.15. The number of rotatable bonds is 9. The van der Waals surface area contributed by atoms with Crippen LogP contribution in [0.1, 0.15) is 45.6 Å². The number of unbranched alkanes of at least 4 members (excludes halogenated alkanes) is 1. The number of benzene rings is 1. The van der Waals surface area contributed by atoms with Gasteiger partial charge in [-0.05, 0) is 31.4 Å². The minimum atomic E-state index is 0.694. The second-order valence-electron chi connectivity index (χ2n) is 5.17. The van der Waals surface area contributed by atoms with Gasteiger partial charge in [0.1, 0.15) is 5.75 Å². The molecule has 1 rings (SSSR count). The molecule has 0 aromatic heterocycles. The molecule has 0 aliphatic carbocycles. The Labute approximate surface area is 112 Å². The lowest BCUT2D eigenvalue weighted by Gasteiger charge is -2.13. The first kappa shape index (κ1) is 15.0. The summed E-state index contributed by atoms with van der Waals surface area (Å²) in [7, 11) is 0. The Bertz CT molecular complexity index is 323. The third kappa shape index (κ3) is 6.06. The quantitative estimate of drug-likeness (QED) is 0.668. The Morgan fingerprint density at radius 2 is 2.00 bits per heavy atom. The van der Waals surface area contributed by atoms with Crippen LogP contribution in [0.2, 0.25) is 0 Å². The zero-order valence-electron chi connectivity index (χ0n) is 12.0. The maximum Gasteiger partial charge on any atom is 0.123 e. The molecule has 0 saturated heterocycles. The summed E-state index contributed by atoms with van der Waals surface area (Å²) in [6, 6.07) is 8.33. The van der Waals surface area contributed by atoms with Gasteiger partial charge in [-0.25, -0.2) is 0 Å². The smallest absolute Gasteiger partial charge is 0.123 e.